The number of alkyl halides is 6. The van der Waals surface area contributed by atoms with Crippen molar-refractivity contribution in [3.8, 4) is 5.88 Å². The van der Waals surface area contributed by atoms with Gasteiger partial charge in [-0.25, -0.2) is 4.98 Å². The number of aliphatic hydroxyl groups is 1. The lowest BCUT2D eigenvalue weighted by molar-refractivity contribution is -0.144. The van der Waals surface area contributed by atoms with Gasteiger partial charge in [-0.3, -0.25) is 0 Å². The average molecular weight is 327 g/mol. The van der Waals surface area contributed by atoms with Gasteiger partial charge in [0.05, 0.1) is 11.3 Å². The number of ether oxygens (including phenoxy) is 1. The fourth-order valence-corrected chi connectivity index (χ4v) is 1.97. The maximum Gasteiger partial charge on any atom is 0.421 e. The highest BCUT2D eigenvalue weighted by atomic mass is 19.4. The van der Waals surface area contributed by atoms with Crippen LogP contribution in [-0.4, -0.2) is 16.2 Å². The molecule has 1 aromatic rings. The molecule has 1 aliphatic rings. The van der Waals surface area contributed by atoms with Gasteiger partial charge >= 0.3 is 12.4 Å². The Morgan fingerprint density at radius 3 is 2.32 bits per heavy atom. The molecule has 1 atom stereocenters. The van der Waals surface area contributed by atoms with Crippen molar-refractivity contribution in [1.29, 1.82) is 0 Å². The molecular formula is C13H11F6NO2. The van der Waals surface area contributed by atoms with Gasteiger partial charge in [-0.1, -0.05) is 0 Å². The lowest BCUT2D eigenvalue weighted by atomic mass is 10.0. The summed E-state index contributed by atoms with van der Waals surface area (Å²) < 4.78 is 81.3. The molecule has 0 fully saturated rings. The average Bonchev–Trinajstić information content (AvgIpc) is 2.39. The molecule has 1 aliphatic carbocycles. The first kappa shape index (κ1) is 16.4. The van der Waals surface area contributed by atoms with Gasteiger partial charge in [-0.05, 0) is 18.6 Å². The summed E-state index contributed by atoms with van der Waals surface area (Å²) in [5, 5.41) is 9.19. The molecule has 1 heterocycles. The first-order chi connectivity index (χ1) is 10.1. The number of allylic oxidation sites excluding steroid dienone is 1. The van der Waals surface area contributed by atoms with Crippen LogP contribution in [0.5, 0.6) is 5.88 Å². The SMILES string of the molecule is OC1=CCC(Oc2ncc(C(F)(F)F)cc2C(F)(F)F)CC1. The smallest absolute Gasteiger partial charge is 0.421 e. The van der Waals surface area contributed by atoms with Crippen LogP contribution < -0.4 is 4.74 Å². The molecule has 0 spiro atoms. The largest absolute Gasteiger partial charge is 0.513 e. The van der Waals surface area contributed by atoms with Gasteiger partial charge in [0.15, 0.2) is 0 Å². The molecule has 0 amide bonds. The quantitative estimate of drug-likeness (QED) is 0.814. The van der Waals surface area contributed by atoms with Crippen molar-refractivity contribution in [3.63, 3.8) is 0 Å². The molecule has 1 N–H and O–H groups in total. The van der Waals surface area contributed by atoms with Gasteiger partial charge in [0.25, 0.3) is 0 Å². The first-order valence-electron chi connectivity index (χ1n) is 6.26. The molecule has 0 radical (unpaired) electrons. The van der Waals surface area contributed by atoms with Crippen LogP contribution in [0.15, 0.2) is 24.1 Å². The lowest BCUT2D eigenvalue weighted by Gasteiger charge is -2.23. The minimum Gasteiger partial charge on any atom is -0.513 e. The molecule has 0 aliphatic heterocycles. The maximum atomic E-state index is 12.9. The van der Waals surface area contributed by atoms with Gasteiger partial charge in [-0.2, -0.15) is 26.3 Å². The molecule has 1 aromatic heterocycles. The number of nitrogens with zero attached hydrogens (tertiary/aromatic N) is 1. The number of hydrogen-bond donors (Lipinski definition) is 1. The Hall–Kier alpha value is -1.93. The van der Waals surface area contributed by atoms with E-state index in [1.165, 1.54) is 6.08 Å². The number of aliphatic hydroxyl groups excluding tert-OH is 1. The van der Waals surface area contributed by atoms with E-state index >= 15 is 0 Å². The summed E-state index contributed by atoms with van der Waals surface area (Å²) in [7, 11) is 0. The minimum atomic E-state index is -5.02. The van der Waals surface area contributed by atoms with Gasteiger partial charge in [-0.15, -0.1) is 0 Å². The van der Waals surface area contributed by atoms with Crippen LogP contribution in [0.4, 0.5) is 26.3 Å². The zero-order valence-corrected chi connectivity index (χ0v) is 11.0. The summed E-state index contributed by atoms with van der Waals surface area (Å²) in [5.41, 5.74) is -3.06. The third-order valence-electron chi connectivity index (χ3n) is 3.10. The zero-order chi connectivity index (χ0) is 16.5. The van der Waals surface area contributed by atoms with Crippen molar-refractivity contribution in [2.24, 2.45) is 0 Å². The Morgan fingerprint density at radius 2 is 1.82 bits per heavy atom. The van der Waals surface area contributed by atoms with E-state index in [1.54, 1.807) is 0 Å². The predicted octanol–water partition coefficient (Wildman–Crippen LogP) is 4.49. The van der Waals surface area contributed by atoms with Gasteiger partial charge in [0.1, 0.15) is 11.7 Å². The molecule has 0 bridgehead atoms. The van der Waals surface area contributed by atoms with E-state index < -0.39 is 35.5 Å². The molecule has 1 unspecified atom stereocenters. The van der Waals surface area contributed by atoms with Crippen molar-refractivity contribution in [3.05, 3.63) is 35.2 Å². The minimum absolute atomic E-state index is 0.0154. The second-order valence-electron chi connectivity index (χ2n) is 4.78. The summed E-state index contributed by atoms with van der Waals surface area (Å²) in [4.78, 5) is 3.18. The Balaban J connectivity index is 2.31. The number of rotatable bonds is 2. The molecule has 122 valence electrons. The van der Waals surface area contributed by atoms with E-state index in [9.17, 15) is 31.4 Å². The van der Waals surface area contributed by atoms with E-state index in [2.05, 4.69) is 4.98 Å². The summed E-state index contributed by atoms with van der Waals surface area (Å²) in [6.45, 7) is 0. The van der Waals surface area contributed by atoms with E-state index in [1.807, 2.05) is 0 Å². The molecule has 3 nitrogen and oxygen atoms in total. The van der Waals surface area contributed by atoms with Crippen molar-refractivity contribution >= 4 is 0 Å². The summed E-state index contributed by atoms with van der Waals surface area (Å²) in [6.07, 6.45) is -8.28. The molecule has 0 saturated heterocycles. The van der Waals surface area contributed by atoms with Crippen LogP contribution >= 0.6 is 0 Å². The summed E-state index contributed by atoms with van der Waals surface area (Å²) >= 11 is 0. The van der Waals surface area contributed by atoms with Gasteiger partial charge in [0, 0.05) is 19.0 Å². The highest BCUT2D eigenvalue weighted by molar-refractivity contribution is 5.34. The third kappa shape index (κ3) is 3.83. The first-order valence-corrected chi connectivity index (χ1v) is 6.26. The second-order valence-corrected chi connectivity index (χ2v) is 4.78. The number of hydrogen-bond acceptors (Lipinski definition) is 3. The fraction of sp³-hybridized carbons (Fsp3) is 0.462. The van der Waals surface area contributed by atoms with E-state index in [-0.39, 0.29) is 31.1 Å². The van der Waals surface area contributed by atoms with Crippen molar-refractivity contribution < 1.29 is 36.2 Å². The van der Waals surface area contributed by atoms with Gasteiger partial charge < -0.3 is 9.84 Å². The van der Waals surface area contributed by atoms with Crippen LogP contribution in [0, 0.1) is 0 Å². The monoisotopic (exact) mass is 327 g/mol. The van der Waals surface area contributed by atoms with Crippen molar-refractivity contribution in [2.45, 2.75) is 37.7 Å². The van der Waals surface area contributed by atoms with E-state index in [4.69, 9.17) is 4.74 Å². The van der Waals surface area contributed by atoms with E-state index in [0.29, 0.717) is 6.20 Å². The lowest BCUT2D eigenvalue weighted by Crippen LogP contribution is -2.22. The number of halogens is 6. The highest BCUT2D eigenvalue weighted by Crippen LogP contribution is 2.39. The van der Waals surface area contributed by atoms with Crippen molar-refractivity contribution in [1.82, 2.24) is 4.98 Å². The van der Waals surface area contributed by atoms with Crippen LogP contribution in [0.25, 0.3) is 0 Å². The standard InChI is InChI=1S/C13H11F6NO2/c14-12(15,16)7-5-10(13(17,18)19)11(20-6-7)22-9-3-1-8(21)2-4-9/h1,5-6,9,21H,2-4H2. The van der Waals surface area contributed by atoms with Crippen LogP contribution in [-0.2, 0) is 12.4 Å². The number of pyridine rings is 1. The predicted molar refractivity (Wildman–Crippen MR) is 63.2 cm³/mol. The maximum absolute atomic E-state index is 12.9. The van der Waals surface area contributed by atoms with Crippen LogP contribution in [0.3, 0.4) is 0 Å². The summed E-state index contributed by atoms with van der Waals surface area (Å²) in [5.74, 6) is -0.781. The normalized spacial score (nSPS) is 19.7. The van der Waals surface area contributed by atoms with Gasteiger partial charge in [0.2, 0.25) is 5.88 Å². The molecule has 22 heavy (non-hydrogen) atoms. The van der Waals surface area contributed by atoms with Crippen LogP contribution in [0.2, 0.25) is 0 Å². The highest BCUT2D eigenvalue weighted by Gasteiger charge is 2.40. The fourth-order valence-electron chi connectivity index (χ4n) is 1.97. The second kappa shape index (κ2) is 5.69. The molecule has 9 heteroatoms. The summed E-state index contributed by atoms with van der Waals surface area (Å²) in [6, 6.07) is -0.0154. The Bertz CT molecular complexity index is 579. The van der Waals surface area contributed by atoms with Crippen molar-refractivity contribution in [2.75, 3.05) is 0 Å². The molecule has 0 aromatic carbocycles. The Morgan fingerprint density at radius 1 is 1.14 bits per heavy atom. The van der Waals surface area contributed by atoms with E-state index in [0.717, 1.165) is 0 Å². The Kier molecular flexibility index (Phi) is 4.25. The molecular weight excluding hydrogens is 316 g/mol. The zero-order valence-electron chi connectivity index (χ0n) is 11.0. The third-order valence-corrected chi connectivity index (χ3v) is 3.10. The number of aromatic nitrogens is 1. The van der Waals surface area contributed by atoms with Crippen LogP contribution in [0.1, 0.15) is 30.4 Å². The molecule has 0 saturated carbocycles. The topological polar surface area (TPSA) is 42.4 Å². The molecule has 2 rings (SSSR count). The Labute approximate surface area is 121 Å².